The van der Waals surface area contributed by atoms with Crippen LogP contribution < -0.4 is 10.2 Å². The van der Waals surface area contributed by atoms with Gasteiger partial charge in [-0.3, -0.25) is 4.79 Å². The van der Waals surface area contributed by atoms with Crippen LogP contribution in [-0.2, 0) is 16.1 Å². The van der Waals surface area contributed by atoms with Crippen molar-refractivity contribution in [3.63, 3.8) is 0 Å². The number of hydrogen-bond acceptors (Lipinski definition) is 4. The third-order valence-corrected chi connectivity index (χ3v) is 6.70. The molecule has 1 N–H and O–H groups in total. The Bertz CT molecular complexity index is 828. The molecule has 1 aliphatic heterocycles. The number of methoxy groups -OCH3 is 1. The van der Waals surface area contributed by atoms with Gasteiger partial charge in [-0.25, -0.2) is 4.98 Å². The molecule has 1 amide bonds. The fourth-order valence-electron chi connectivity index (χ4n) is 5.06. The predicted molar refractivity (Wildman–Crippen MR) is 121 cm³/mol. The van der Waals surface area contributed by atoms with E-state index in [-0.39, 0.29) is 11.8 Å². The number of aromatic nitrogens is 2. The van der Waals surface area contributed by atoms with E-state index in [1.807, 2.05) is 0 Å². The molecule has 2 aliphatic rings. The highest BCUT2D eigenvalue weighted by Crippen LogP contribution is 2.31. The van der Waals surface area contributed by atoms with E-state index in [9.17, 15) is 4.79 Å². The van der Waals surface area contributed by atoms with Crippen LogP contribution in [0.5, 0.6) is 0 Å². The number of amides is 1. The molecular weight excluding hydrogens is 376 g/mol. The van der Waals surface area contributed by atoms with E-state index < -0.39 is 0 Å². The molecule has 0 bridgehead atoms. The Balaban J connectivity index is 1.50. The molecule has 1 saturated heterocycles. The van der Waals surface area contributed by atoms with Crippen molar-refractivity contribution in [2.45, 2.75) is 57.9 Å². The average Bonchev–Trinajstić information content (AvgIpc) is 3.16. The molecule has 0 unspecified atom stereocenters. The van der Waals surface area contributed by atoms with Gasteiger partial charge in [-0.05, 0) is 50.2 Å². The highest BCUT2D eigenvalue weighted by Gasteiger charge is 2.29. The van der Waals surface area contributed by atoms with Gasteiger partial charge in [-0.2, -0.15) is 0 Å². The molecule has 6 heteroatoms. The second-order valence-corrected chi connectivity index (χ2v) is 8.94. The van der Waals surface area contributed by atoms with Crippen molar-refractivity contribution in [2.75, 3.05) is 38.3 Å². The van der Waals surface area contributed by atoms with Crippen molar-refractivity contribution in [3.05, 3.63) is 24.3 Å². The van der Waals surface area contributed by atoms with Crippen molar-refractivity contribution >= 4 is 22.9 Å². The van der Waals surface area contributed by atoms with Crippen LogP contribution in [0.3, 0.4) is 0 Å². The Morgan fingerprint density at radius 1 is 1.17 bits per heavy atom. The molecule has 4 rings (SSSR count). The molecule has 2 aromatic rings. The van der Waals surface area contributed by atoms with Crippen molar-refractivity contribution in [1.82, 2.24) is 14.9 Å². The van der Waals surface area contributed by atoms with Gasteiger partial charge >= 0.3 is 0 Å². The normalized spacial score (nSPS) is 20.6. The summed E-state index contributed by atoms with van der Waals surface area (Å²) in [5.74, 6) is 1.99. The number of rotatable bonds is 8. The number of anilines is 1. The quantitative estimate of drug-likeness (QED) is 0.666. The minimum atomic E-state index is 0.0317. The molecule has 1 saturated carbocycles. The lowest BCUT2D eigenvalue weighted by molar-refractivity contribution is -0.125. The van der Waals surface area contributed by atoms with E-state index in [2.05, 4.69) is 39.0 Å². The van der Waals surface area contributed by atoms with E-state index >= 15 is 0 Å². The largest absolute Gasteiger partial charge is 0.385 e. The van der Waals surface area contributed by atoms with Gasteiger partial charge in [0.1, 0.15) is 0 Å². The molecule has 164 valence electrons. The summed E-state index contributed by atoms with van der Waals surface area (Å²) in [5, 5.41) is 3.09. The number of benzene rings is 1. The van der Waals surface area contributed by atoms with Gasteiger partial charge in [0.2, 0.25) is 11.9 Å². The second kappa shape index (κ2) is 10.3. The van der Waals surface area contributed by atoms with Gasteiger partial charge in [0.05, 0.1) is 17.0 Å². The first-order valence-electron chi connectivity index (χ1n) is 11.7. The van der Waals surface area contributed by atoms with Crippen molar-refractivity contribution in [1.29, 1.82) is 0 Å². The van der Waals surface area contributed by atoms with Crippen molar-refractivity contribution in [3.8, 4) is 0 Å². The fraction of sp³-hybridized carbons (Fsp3) is 0.667. The summed E-state index contributed by atoms with van der Waals surface area (Å²) in [6.45, 7) is 4.14. The molecule has 30 heavy (non-hydrogen) atoms. The molecule has 1 aliphatic carbocycles. The van der Waals surface area contributed by atoms with Crippen molar-refractivity contribution in [2.24, 2.45) is 11.8 Å². The third kappa shape index (κ3) is 4.97. The van der Waals surface area contributed by atoms with Gasteiger partial charge in [0.15, 0.2) is 0 Å². The number of carbonyl (C=O) groups excluding carboxylic acids is 1. The van der Waals surface area contributed by atoms with E-state index in [0.29, 0.717) is 13.2 Å². The maximum atomic E-state index is 12.7. The van der Waals surface area contributed by atoms with Crippen LogP contribution in [-0.4, -0.2) is 48.8 Å². The Morgan fingerprint density at radius 2 is 2.00 bits per heavy atom. The first kappa shape index (κ1) is 21.2. The number of fused-ring (bicyclic) bond motifs is 1. The van der Waals surface area contributed by atoms with Gasteiger partial charge in [0.25, 0.3) is 0 Å². The lowest BCUT2D eigenvalue weighted by atomic mass is 9.89. The van der Waals surface area contributed by atoms with Crippen LogP contribution in [0.15, 0.2) is 24.3 Å². The zero-order chi connectivity index (χ0) is 20.8. The molecule has 6 nitrogen and oxygen atoms in total. The van der Waals surface area contributed by atoms with Crippen LogP contribution in [0, 0.1) is 11.8 Å². The molecule has 1 atom stereocenters. The molecule has 0 spiro atoms. The molecular formula is C24H36N4O2. The number of hydrogen-bond donors (Lipinski definition) is 1. The molecule has 1 aromatic heterocycles. The maximum absolute atomic E-state index is 12.7. The summed E-state index contributed by atoms with van der Waals surface area (Å²) in [5.41, 5.74) is 2.29. The van der Waals surface area contributed by atoms with E-state index in [0.717, 1.165) is 56.3 Å². The second-order valence-electron chi connectivity index (χ2n) is 8.94. The molecule has 1 aromatic carbocycles. The van der Waals surface area contributed by atoms with Gasteiger partial charge in [0, 0.05) is 39.9 Å². The van der Waals surface area contributed by atoms with Crippen LogP contribution in [0.2, 0.25) is 0 Å². The molecule has 2 heterocycles. The highest BCUT2D eigenvalue weighted by molar-refractivity contribution is 5.81. The number of piperidine rings is 1. The van der Waals surface area contributed by atoms with Crippen LogP contribution in [0.4, 0.5) is 5.95 Å². The molecule has 0 radical (unpaired) electrons. The Morgan fingerprint density at radius 3 is 2.83 bits per heavy atom. The Labute approximate surface area is 180 Å². The summed E-state index contributed by atoms with van der Waals surface area (Å²) < 4.78 is 7.51. The zero-order valence-corrected chi connectivity index (χ0v) is 18.3. The average molecular weight is 413 g/mol. The fourth-order valence-corrected chi connectivity index (χ4v) is 5.06. The van der Waals surface area contributed by atoms with Crippen molar-refractivity contribution < 1.29 is 9.53 Å². The maximum Gasteiger partial charge on any atom is 0.224 e. The van der Waals surface area contributed by atoms with E-state index in [4.69, 9.17) is 9.72 Å². The summed E-state index contributed by atoms with van der Waals surface area (Å²) in [6.07, 6.45) is 9.55. The van der Waals surface area contributed by atoms with Crippen LogP contribution >= 0.6 is 0 Å². The number of nitrogens with one attached hydrogen (secondary N) is 1. The minimum Gasteiger partial charge on any atom is -0.385 e. The summed E-state index contributed by atoms with van der Waals surface area (Å²) in [7, 11) is 1.69. The van der Waals surface area contributed by atoms with Crippen LogP contribution in [0.1, 0.15) is 51.4 Å². The summed E-state index contributed by atoms with van der Waals surface area (Å²) in [6, 6.07) is 8.48. The Hall–Kier alpha value is -2.08. The van der Waals surface area contributed by atoms with Crippen LogP contribution in [0.25, 0.3) is 11.0 Å². The lowest BCUT2D eigenvalue weighted by Gasteiger charge is -2.34. The number of carbonyl (C=O) groups is 1. The van der Waals surface area contributed by atoms with Gasteiger partial charge in [-0.1, -0.05) is 31.4 Å². The first-order chi connectivity index (χ1) is 14.8. The smallest absolute Gasteiger partial charge is 0.224 e. The number of ether oxygens (including phenoxy) is 1. The third-order valence-electron chi connectivity index (χ3n) is 6.70. The van der Waals surface area contributed by atoms with Gasteiger partial charge < -0.3 is 19.5 Å². The highest BCUT2D eigenvalue weighted by atomic mass is 16.5. The zero-order valence-electron chi connectivity index (χ0n) is 18.3. The van der Waals surface area contributed by atoms with E-state index in [1.165, 1.54) is 37.6 Å². The SMILES string of the molecule is COCCCNC(=O)[C@@H]1CCCN(c2nc3ccccc3n2CC2CCCCC2)C1. The minimum absolute atomic E-state index is 0.0317. The standard InChI is InChI=1S/C24H36N4O2/c1-30-16-8-14-25-23(29)20-11-7-15-27(18-20)24-26-21-12-5-6-13-22(21)28(24)17-19-9-3-2-4-10-19/h5-6,12-13,19-20H,2-4,7-11,14-18H2,1H3,(H,25,29)/t20-/m1/s1. The predicted octanol–water partition coefficient (Wildman–Crippen LogP) is 3.99. The topological polar surface area (TPSA) is 59.4 Å². The lowest BCUT2D eigenvalue weighted by Crippen LogP contribution is -2.44. The first-order valence-corrected chi connectivity index (χ1v) is 11.7. The number of nitrogens with zero attached hydrogens (tertiary/aromatic N) is 3. The Kier molecular flexibility index (Phi) is 7.26. The summed E-state index contributed by atoms with van der Waals surface area (Å²) >= 11 is 0. The monoisotopic (exact) mass is 412 g/mol. The number of para-hydroxylation sites is 2. The van der Waals surface area contributed by atoms with Gasteiger partial charge in [-0.15, -0.1) is 0 Å². The van der Waals surface area contributed by atoms with E-state index in [1.54, 1.807) is 7.11 Å². The molecule has 2 fully saturated rings. The number of imidazole rings is 1. The summed E-state index contributed by atoms with van der Waals surface area (Å²) in [4.78, 5) is 20.1.